The Kier molecular flexibility index (Phi) is 5.49. The largest absolute Gasteiger partial charge is 0.329 e. The van der Waals surface area contributed by atoms with Gasteiger partial charge < -0.3 is 5.73 Å². The number of hydrogen-bond donors (Lipinski definition) is 1. The van der Waals surface area contributed by atoms with Crippen molar-refractivity contribution in [1.29, 1.82) is 0 Å². The molecule has 0 spiro atoms. The van der Waals surface area contributed by atoms with Crippen LogP contribution in [0.4, 0.5) is 0 Å². The molecule has 3 heteroatoms. The van der Waals surface area contributed by atoms with E-state index in [2.05, 4.69) is 37.6 Å². The second-order valence-electron chi connectivity index (χ2n) is 7.28. The van der Waals surface area contributed by atoms with Crippen molar-refractivity contribution < 1.29 is 0 Å². The maximum absolute atomic E-state index is 6.28. The van der Waals surface area contributed by atoms with Crippen molar-refractivity contribution in [3.8, 4) is 0 Å². The Balaban J connectivity index is 2.12. The van der Waals surface area contributed by atoms with Gasteiger partial charge in [0.1, 0.15) is 0 Å². The standard InChI is InChI=1S/C17H35N3/c1-5-14(3)11-17(6-2,13-18)20-10-9-15-7-8-16(12-20)19(15)4/h14-16H,5-13,18H2,1-4H3. The maximum atomic E-state index is 6.28. The number of fused-ring (bicyclic) bond motifs is 2. The Morgan fingerprint density at radius 3 is 2.50 bits per heavy atom. The van der Waals surface area contributed by atoms with Crippen LogP contribution in [-0.4, -0.2) is 54.1 Å². The lowest BCUT2D eigenvalue weighted by Gasteiger charge is -2.45. The molecule has 118 valence electrons. The monoisotopic (exact) mass is 281 g/mol. The fourth-order valence-electron chi connectivity index (χ4n) is 4.39. The summed E-state index contributed by atoms with van der Waals surface area (Å²) >= 11 is 0. The highest BCUT2D eigenvalue weighted by Gasteiger charge is 2.41. The molecular formula is C17H35N3. The molecule has 3 nitrogen and oxygen atoms in total. The van der Waals surface area contributed by atoms with Gasteiger partial charge in [-0.05, 0) is 45.1 Å². The number of likely N-dealkylation sites (N-methyl/N-ethyl adjacent to an activating group) is 1. The summed E-state index contributed by atoms with van der Waals surface area (Å²) in [6, 6.07) is 1.58. The van der Waals surface area contributed by atoms with E-state index in [1.807, 2.05) is 0 Å². The SMILES string of the molecule is CCC(C)CC(CC)(CN)N1CCC2CCC(C1)N2C. The lowest BCUT2D eigenvalue weighted by Crippen LogP contribution is -2.56. The van der Waals surface area contributed by atoms with Crippen molar-refractivity contribution in [3.05, 3.63) is 0 Å². The van der Waals surface area contributed by atoms with E-state index in [9.17, 15) is 0 Å². The van der Waals surface area contributed by atoms with Gasteiger partial charge in [0.05, 0.1) is 0 Å². The molecule has 2 saturated heterocycles. The normalized spacial score (nSPS) is 32.9. The first-order chi connectivity index (χ1) is 9.56. The molecule has 2 rings (SSSR count). The highest BCUT2D eigenvalue weighted by molar-refractivity contribution is 4.99. The number of rotatable bonds is 6. The van der Waals surface area contributed by atoms with Crippen LogP contribution in [-0.2, 0) is 0 Å². The molecule has 0 aliphatic carbocycles. The highest BCUT2D eigenvalue weighted by atomic mass is 15.3. The van der Waals surface area contributed by atoms with Crippen molar-refractivity contribution in [2.45, 2.75) is 76.9 Å². The average molecular weight is 281 g/mol. The Labute approximate surface area is 125 Å². The van der Waals surface area contributed by atoms with Gasteiger partial charge in [-0.1, -0.05) is 27.2 Å². The summed E-state index contributed by atoms with van der Waals surface area (Å²) in [6.07, 6.45) is 7.83. The van der Waals surface area contributed by atoms with E-state index in [1.165, 1.54) is 51.6 Å². The highest BCUT2D eigenvalue weighted by Crippen LogP contribution is 2.35. The zero-order valence-corrected chi connectivity index (χ0v) is 14.1. The average Bonchev–Trinajstić information content (AvgIpc) is 2.70. The minimum absolute atomic E-state index is 0.237. The van der Waals surface area contributed by atoms with Gasteiger partial charge >= 0.3 is 0 Å². The van der Waals surface area contributed by atoms with E-state index < -0.39 is 0 Å². The summed E-state index contributed by atoms with van der Waals surface area (Å²) in [5.41, 5.74) is 6.52. The molecule has 4 atom stereocenters. The molecular weight excluding hydrogens is 246 g/mol. The summed E-state index contributed by atoms with van der Waals surface area (Å²) in [5, 5.41) is 0. The number of nitrogens with zero attached hydrogens (tertiary/aromatic N) is 2. The van der Waals surface area contributed by atoms with Gasteiger partial charge in [0.2, 0.25) is 0 Å². The first-order valence-electron chi connectivity index (χ1n) is 8.73. The molecule has 2 bridgehead atoms. The Morgan fingerprint density at radius 1 is 1.20 bits per heavy atom. The van der Waals surface area contributed by atoms with Gasteiger partial charge in [0.15, 0.2) is 0 Å². The molecule has 0 aromatic carbocycles. The van der Waals surface area contributed by atoms with Crippen LogP contribution in [0.25, 0.3) is 0 Å². The van der Waals surface area contributed by atoms with E-state index in [4.69, 9.17) is 5.73 Å². The van der Waals surface area contributed by atoms with Gasteiger partial charge in [0, 0.05) is 37.3 Å². The number of nitrogens with two attached hydrogens (primary N) is 1. The van der Waals surface area contributed by atoms with Crippen LogP contribution in [0.2, 0.25) is 0 Å². The van der Waals surface area contributed by atoms with Crippen LogP contribution >= 0.6 is 0 Å². The lowest BCUT2D eigenvalue weighted by atomic mass is 9.82. The first kappa shape index (κ1) is 16.3. The lowest BCUT2D eigenvalue weighted by molar-refractivity contribution is 0.0570. The summed E-state index contributed by atoms with van der Waals surface area (Å²) in [5.74, 6) is 0.775. The topological polar surface area (TPSA) is 32.5 Å². The third kappa shape index (κ3) is 3.05. The molecule has 2 N–H and O–H groups in total. The Hall–Kier alpha value is -0.120. The van der Waals surface area contributed by atoms with E-state index in [-0.39, 0.29) is 5.54 Å². The van der Waals surface area contributed by atoms with Crippen molar-refractivity contribution in [2.75, 3.05) is 26.7 Å². The Morgan fingerprint density at radius 2 is 1.90 bits per heavy atom. The van der Waals surface area contributed by atoms with Crippen LogP contribution in [0, 0.1) is 5.92 Å². The van der Waals surface area contributed by atoms with E-state index >= 15 is 0 Å². The molecule has 0 saturated carbocycles. The molecule has 0 radical (unpaired) electrons. The van der Waals surface area contributed by atoms with Crippen LogP contribution in [0.3, 0.4) is 0 Å². The van der Waals surface area contributed by atoms with Gasteiger partial charge in [0.25, 0.3) is 0 Å². The molecule has 0 amide bonds. The third-order valence-electron chi connectivity index (χ3n) is 6.28. The quantitative estimate of drug-likeness (QED) is 0.812. The molecule has 2 aliphatic heterocycles. The second-order valence-corrected chi connectivity index (χ2v) is 7.28. The number of hydrogen-bond acceptors (Lipinski definition) is 3. The van der Waals surface area contributed by atoms with Gasteiger partial charge in [-0.25, -0.2) is 0 Å². The minimum Gasteiger partial charge on any atom is -0.329 e. The van der Waals surface area contributed by atoms with Gasteiger partial charge in [-0.15, -0.1) is 0 Å². The third-order valence-corrected chi connectivity index (χ3v) is 6.28. The smallest absolute Gasteiger partial charge is 0.0332 e. The fourth-order valence-corrected chi connectivity index (χ4v) is 4.39. The van der Waals surface area contributed by atoms with Crippen molar-refractivity contribution in [3.63, 3.8) is 0 Å². The van der Waals surface area contributed by atoms with E-state index in [1.54, 1.807) is 0 Å². The fraction of sp³-hybridized carbons (Fsp3) is 1.00. The second kappa shape index (κ2) is 6.76. The summed E-state index contributed by atoms with van der Waals surface area (Å²) in [7, 11) is 2.33. The molecule has 2 heterocycles. The summed E-state index contributed by atoms with van der Waals surface area (Å²) in [6.45, 7) is 10.3. The molecule has 4 unspecified atom stereocenters. The zero-order chi connectivity index (χ0) is 14.8. The van der Waals surface area contributed by atoms with Crippen LogP contribution in [0.15, 0.2) is 0 Å². The predicted molar refractivity (Wildman–Crippen MR) is 86.9 cm³/mol. The maximum Gasteiger partial charge on any atom is 0.0332 e. The van der Waals surface area contributed by atoms with Crippen molar-refractivity contribution >= 4 is 0 Å². The minimum atomic E-state index is 0.237. The molecule has 20 heavy (non-hydrogen) atoms. The number of likely N-dealkylation sites (tertiary alicyclic amines) is 1. The first-order valence-corrected chi connectivity index (χ1v) is 8.73. The van der Waals surface area contributed by atoms with Crippen molar-refractivity contribution in [2.24, 2.45) is 11.7 Å². The molecule has 0 aromatic heterocycles. The van der Waals surface area contributed by atoms with E-state index in [0.717, 1.165) is 24.5 Å². The molecule has 2 aliphatic rings. The molecule has 2 fully saturated rings. The van der Waals surface area contributed by atoms with E-state index in [0.29, 0.717) is 0 Å². The summed E-state index contributed by atoms with van der Waals surface area (Å²) in [4.78, 5) is 5.40. The van der Waals surface area contributed by atoms with Crippen LogP contribution in [0.1, 0.15) is 59.3 Å². The molecule has 0 aromatic rings. The van der Waals surface area contributed by atoms with Crippen molar-refractivity contribution in [1.82, 2.24) is 9.80 Å². The van der Waals surface area contributed by atoms with Gasteiger partial charge in [-0.3, -0.25) is 9.80 Å². The van der Waals surface area contributed by atoms with Gasteiger partial charge in [-0.2, -0.15) is 0 Å². The predicted octanol–water partition coefficient (Wildman–Crippen LogP) is 2.70. The van der Waals surface area contributed by atoms with Crippen LogP contribution in [0.5, 0.6) is 0 Å². The zero-order valence-electron chi connectivity index (χ0n) is 14.1. The summed E-state index contributed by atoms with van der Waals surface area (Å²) < 4.78 is 0. The van der Waals surface area contributed by atoms with Crippen LogP contribution < -0.4 is 5.73 Å². The Bertz CT molecular complexity index is 301.